The molecule has 8 heteroatoms. The molecule has 0 amide bonds. The monoisotopic (exact) mass is 224 g/mol. The van der Waals surface area contributed by atoms with Crippen molar-refractivity contribution in [3.63, 3.8) is 0 Å². The lowest BCUT2D eigenvalue weighted by molar-refractivity contribution is -0.264. The zero-order chi connectivity index (χ0) is 10.7. The highest BCUT2D eigenvalue weighted by molar-refractivity contribution is 7.73. The van der Waals surface area contributed by atoms with Gasteiger partial charge in [-0.3, -0.25) is 4.55 Å². The van der Waals surface area contributed by atoms with Gasteiger partial charge in [-0.05, 0) is 12.1 Å². The van der Waals surface area contributed by atoms with Gasteiger partial charge < -0.3 is 0 Å². The summed E-state index contributed by atoms with van der Waals surface area (Å²) in [5.74, 6) is -0.0120. The summed E-state index contributed by atoms with van der Waals surface area (Å²) in [5, 5.41) is 13.5. The van der Waals surface area contributed by atoms with Gasteiger partial charge >= 0.3 is 17.2 Å². The highest BCUT2D eigenvalue weighted by atomic mass is 32.2. The Balaban J connectivity index is 2.55. The normalized spacial score (nSPS) is 15.7. The Morgan fingerprint density at radius 1 is 1.13 bits per heavy atom. The molecule has 2 rings (SSSR count). The molecule has 0 saturated carbocycles. The van der Waals surface area contributed by atoms with Gasteiger partial charge in [-0.15, -0.1) is 3.98 Å². The zero-order valence-corrected chi connectivity index (χ0v) is 8.20. The SMILES string of the molecule is O=S(O)[N+](=C1N=NN=N1)c1ccccc1. The third-order valence-corrected chi connectivity index (χ3v) is 2.32. The maximum Gasteiger partial charge on any atom is 0.496 e. The standard InChI is InChI=1S/C7H5N5O2S/c13-15(14)12(7-8-10-11-9-7)6-4-2-1-3-5-6/h1-5H/p+1. The number of para-hydroxylation sites is 1. The molecule has 76 valence electrons. The lowest BCUT2D eigenvalue weighted by Gasteiger charge is -1.99. The van der Waals surface area contributed by atoms with Crippen molar-refractivity contribution in [1.29, 1.82) is 0 Å². The fraction of sp³-hybridized carbons (Fsp3) is 0. The number of hydrogen-bond donors (Lipinski definition) is 1. The van der Waals surface area contributed by atoms with Gasteiger partial charge in [0.15, 0.2) is 0 Å². The maximum absolute atomic E-state index is 11.1. The van der Waals surface area contributed by atoms with E-state index < -0.39 is 11.3 Å². The second-order valence-electron chi connectivity index (χ2n) is 2.54. The van der Waals surface area contributed by atoms with Gasteiger partial charge in [-0.2, -0.15) is 4.21 Å². The number of hydrogen-bond acceptors (Lipinski definition) is 3. The second-order valence-corrected chi connectivity index (χ2v) is 3.37. The first-order chi connectivity index (χ1) is 7.29. The molecule has 0 aliphatic carbocycles. The van der Waals surface area contributed by atoms with Gasteiger partial charge in [0.1, 0.15) is 5.69 Å². The van der Waals surface area contributed by atoms with Crippen molar-refractivity contribution in [2.75, 3.05) is 0 Å². The van der Waals surface area contributed by atoms with Crippen LogP contribution in [0.4, 0.5) is 5.69 Å². The minimum Gasteiger partial charge on any atom is -0.277 e. The Kier molecular flexibility index (Phi) is 2.70. The van der Waals surface area contributed by atoms with Crippen LogP contribution >= 0.6 is 0 Å². The van der Waals surface area contributed by atoms with Gasteiger partial charge in [-0.1, -0.05) is 18.2 Å². The summed E-state index contributed by atoms with van der Waals surface area (Å²) in [6.07, 6.45) is 0. The summed E-state index contributed by atoms with van der Waals surface area (Å²) < 4.78 is 21.2. The van der Waals surface area contributed by atoms with Gasteiger partial charge in [-0.25, -0.2) is 0 Å². The molecule has 0 aromatic heterocycles. The minimum atomic E-state index is -2.26. The molecule has 0 saturated heterocycles. The molecule has 1 aromatic rings. The summed E-state index contributed by atoms with van der Waals surface area (Å²) in [7, 11) is 0. The van der Waals surface area contributed by atoms with Crippen molar-refractivity contribution in [2.45, 2.75) is 0 Å². The van der Waals surface area contributed by atoms with Crippen molar-refractivity contribution in [1.82, 2.24) is 0 Å². The van der Waals surface area contributed by atoms with Crippen LogP contribution in [0.15, 0.2) is 51.0 Å². The fourth-order valence-electron chi connectivity index (χ4n) is 1.06. The first kappa shape index (κ1) is 9.74. The molecule has 1 unspecified atom stereocenters. The van der Waals surface area contributed by atoms with Gasteiger partial charge in [0, 0.05) is 0 Å². The van der Waals surface area contributed by atoms with E-state index >= 15 is 0 Å². The Bertz CT molecular complexity index is 467. The molecule has 7 nitrogen and oxygen atoms in total. The van der Waals surface area contributed by atoms with Crippen LogP contribution in [-0.2, 0) is 11.3 Å². The summed E-state index contributed by atoms with van der Waals surface area (Å²) in [6, 6.07) is 8.58. The molecule has 1 atom stereocenters. The first-order valence-corrected chi connectivity index (χ1v) is 5.00. The smallest absolute Gasteiger partial charge is 0.277 e. The van der Waals surface area contributed by atoms with E-state index in [0.717, 1.165) is 3.98 Å². The molecule has 0 radical (unpaired) electrons. The van der Waals surface area contributed by atoms with Crippen LogP contribution in [0.3, 0.4) is 0 Å². The van der Waals surface area contributed by atoms with Crippen molar-refractivity contribution >= 4 is 22.9 Å². The van der Waals surface area contributed by atoms with E-state index in [9.17, 15) is 4.21 Å². The van der Waals surface area contributed by atoms with Crippen molar-refractivity contribution < 1.29 is 12.7 Å². The van der Waals surface area contributed by atoms with E-state index in [1.54, 1.807) is 30.3 Å². The molecule has 15 heavy (non-hydrogen) atoms. The van der Waals surface area contributed by atoms with Crippen molar-refractivity contribution in [3.05, 3.63) is 30.3 Å². The van der Waals surface area contributed by atoms with Crippen LogP contribution in [0.25, 0.3) is 0 Å². The summed E-state index contributed by atoms with van der Waals surface area (Å²) in [4.78, 5) is 0. The van der Waals surface area contributed by atoms with Gasteiger partial charge in [0.25, 0.3) is 0 Å². The molecule has 0 spiro atoms. The minimum absolute atomic E-state index is 0.0120. The molecular weight excluding hydrogens is 218 g/mol. The second kappa shape index (κ2) is 4.15. The van der Waals surface area contributed by atoms with Crippen molar-refractivity contribution in [2.24, 2.45) is 20.7 Å². The maximum atomic E-state index is 11.1. The van der Waals surface area contributed by atoms with E-state index in [0.29, 0.717) is 5.69 Å². The zero-order valence-electron chi connectivity index (χ0n) is 7.39. The molecule has 1 aliphatic rings. The highest BCUT2D eigenvalue weighted by Crippen LogP contribution is 2.14. The van der Waals surface area contributed by atoms with Gasteiger partial charge in [0.05, 0.1) is 20.7 Å². The van der Waals surface area contributed by atoms with Crippen LogP contribution < -0.4 is 0 Å². The predicted octanol–water partition coefficient (Wildman–Crippen LogP) is 1.66. The highest BCUT2D eigenvalue weighted by Gasteiger charge is 2.24. The molecule has 1 aromatic carbocycles. The Labute approximate surface area is 87.3 Å². The quantitative estimate of drug-likeness (QED) is 0.611. The van der Waals surface area contributed by atoms with Crippen LogP contribution in [0.1, 0.15) is 0 Å². The largest absolute Gasteiger partial charge is 0.496 e. The molecule has 0 fully saturated rings. The number of benzene rings is 1. The van der Waals surface area contributed by atoms with E-state index in [-0.39, 0.29) is 5.96 Å². The van der Waals surface area contributed by atoms with Crippen LogP contribution in [0.5, 0.6) is 0 Å². The number of nitrogens with zero attached hydrogens (tertiary/aromatic N) is 5. The van der Waals surface area contributed by atoms with Crippen LogP contribution in [0, 0.1) is 0 Å². The van der Waals surface area contributed by atoms with Crippen molar-refractivity contribution in [3.8, 4) is 0 Å². The average Bonchev–Trinajstić information content (AvgIpc) is 2.72. The fourth-order valence-corrected chi connectivity index (χ4v) is 1.57. The topological polar surface area (TPSA) is 89.8 Å². The van der Waals surface area contributed by atoms with E-state index in [1.807, 2.05) is 0 Å². The number of guanidine groups is 1. The van der Waals surface area contributed by atoms with E-state index in [1.165, 1.54) is 0 Å². The molecule has 1 heterocycles. The van der Waals surface area contributed by atoms with E-state index in [4.69, 9.17) is 4.55 Å². The Morgan fingerprint density at radius 3 is 2.27 bits per heavy atom. The molecule has 0 bridgehead atoms. The third-order valence-electron chi connectivity index (χ3n) is 1.64. The van der Waals surface area contributed by atoms with Gasteiger partial charge in [0.2, 0.25) is 0 Å². The summed E-state index contributed by atoms with van der Waals surface area (Å²) in [6.45, 7) is 0. The predicted molar refractivity (Wildman–Crippen MR) is 51.9 cm³/mol. The molecule has 1 aliphatic heterocycles. The Hall–Kier alpha value is -1.80. The summed E-state index contributed by atoms with van der Waals surface area (Å²) >= 11 is -2.26. The van der Waals surface area contributed by atoms with E-state index in [2.05, 4.69) is 20.7 Å². The van der Waals surface area contributed by atoms with Crippen LogP contribution in [0.2, 0.25) is 0 Å². The van der Waals surface area contributed by atoms with Crippen LogP contribution in [-0.4, -0.2) is 18.7 Å². The summed E-state index contributed by atoms with van der Waals surface area (Å²) in [5.41, 5.74) is 0.494. The lowest BCUT2D eigenvalue weighted by Crippen LogP contribution is -2.14. The lowest BCUT2D eigenvalue weighted by atomic mass is 10.3. The molecular formula is C7H6N5O2S+. The average molecular weight is 224 g/mol. The third kappa shape index (κ3) is 2.00. The molecule has 1 N–H and O–H groups in total. The Morgan fingerprint density at radius 2 is 1.73 bits per heavy atom. The first-order valence-electron chi connectivity index (χ1n) is 3.94. The number of rotatable bonds is 2.